The maximum atomic E-state index is 12.1. The zero-order valence-electron chi connectivity index (χ0n) is 20.9. The van der Waals surface area contributed by atoms with Crippen LogP contribution in [0.25, 0.3) is 0 Å². The van der Waals surface area contributed by atoms with Gasteiger partial charge in [0.05, 0.1) is 13.2 Å². The minimum Gasteiger partial charge on any atom is -0.461 e. The fraction of sp³-hybridized carbons (Fsp3) is 0.600. The van der Waals surface area contributed by atoms with Crippen LogP contribution >= 0.6 is 0 Å². The number of hydrogen-bond donors (Lipinski definition) is 1. The highest BCUT2D eigenvalue weighted by Gasteiger charge is 2.38. The lowest BCUT2D eigenvalue weighted by Gasteiger charge is -2.22. The van der Waals surface area contributed by atoms with Crippen LogP contribution in [0.3, 0.4) is 0 Å². The molecule has 1 heterocycles. The molecular formula is C25H42N2O6S+2. The van der Waals surface area contributed by atoms with Crippen LogP contribution < -0.4 is 4.48 Å². The molecule has 2 rings (SSSR count). The van der Waals surface area contributed by atoms with Gasteiger partial charge in [-0.1, -0.05) is 77.0 Å². The Balaban J connectivity index is 0.000000385. The van der Waals surface area contributed by atoms with Gasteiger partial charge in [0.1, 0.15) is 12.7 Å². The van der Waals surface area contributed by atoms with E-state index in [4.69, 9.17) is 9.29 Å². The Bertz CT molecular complexity index is 871. The lowest BCUT2D eigenvalue weighted by atomic mass is 10.1. The zero-order valence-corrected chi connectivity index (χ0v) is 21.7. The quantitative estimate of drug-likeness (QED) is 0.120. The molecule has 0 aromatic heterocycles. The van der Waals surface area contributed by atoms with E-state index in [1.165, 1.54) is 19.3 Å². The number of nitrogens with zero attached hydrogens (tertiary/aromatic N) is 2. The topological polar surface area (TPSA) is 92.9 Å². The van der Waals surface area contributed by atoms with Crippen LogP contribution in [-0.4, -0.2) is 56.7 Å². The molecule has 0 bridgehead atoms. The molecule has 0 fully saturated rings. The number of ether oxygens (including phenoxy) is 1. The van der Waals surface area contributed by atoms with Crippen molar-refractivity contribution in [3.8, 4) is 0 Å². The number of unbranched alkanes of at least 4 members (excludes halogenated alkanes) is 7. The third-order valence-electron chi connectivity index (χ3n) is 5.32. The summed E-state index contributed by atoms with van der Waals surface area (Å²) in [5, 5.41) is 0. The van der Waals surface area contributed by atoms with Gasteiger partial charge in [-0.25, -0.2) is 8.98 Å². The van der Waals surface area contributed by atoms with Gasteiger partial charge in [0, 0.05) is 12.1 Å². The number of hydrogen-bond acceptors (Lipinski definition) is 5. The third kappa shape index (κ3) is 13.0. The van der Waals surface area contributed by atoms with Crippen molar-refractivity contribution in [1.82, 2.24) is 4.48 Å². The Morgan fingerprint density at radius 3 is 2.12 bits per heavy atom. The SMILES string of the molecule is CCCCCCCCOS(=O)(=O)O.CCCCCOC(=O)C[N+]1(c2ccccc2)C=C[N+](C)=C1. The Morgan fingerprint density at radius 2 is 1.53 bits per heavy atom. The number of rotatable bonds is 15. The highest BCUT2D eigenvalue weighted by Crippen LogP contribution is 2.24. The molecule has 192 valence electrons. The molecule has 9 heteroatoms. The Kier molecular flexibility index (Phi) is 14.6. The number of quaternary nitrogens is 1. The summed E-state index contributed by atoms with van der Waals surface area (Å²) in [7, 11) is -2.26. The summed E-state index contributed by atoms with van der Waals surface area (Å²) in [6, 6.07) is 10.0. The first-order valence-corrected chi connectivity index (χ1v) is 13.6. The lowest BCUT2D eigenvalue weighted by molar-refractivity contribution is -0.415. The van der Waals surface area contributed by atoms with E-state index in [0.717, 1.165) is 37.8 Å². The zero-order chi connectivity index (χ0) is 25.3. The summed E-state index contributed by atoms with van der Waals surface area (Å²) in [6.07, 6.45) is 15.5. The minimum atomic E-state index is -4.22. The van der Waals surface area contributed by atoms with Crippen molar-refractivity contribution >= 4 is 28.4 Å². The van der Waals surface area contributed by atoms with Gasteiger partial charge in [-0.3, -0.25) is 4.55 Å². The smallest absolute Gasteiger partial charge is 0.397 e. The van der Waals surface area contributed by atoms with E-state index in [2.05, 4.69) is 18.0 Å². The summed E-state index contributed by atoms with van der Waals surface area (Å²) in [5.41, 5.74) is 1.06. The van der Waals surface area contributed by atoms with Gasteiger partial charge in [0.25, 0.3) is 0 Å². The van der Waals surface area contributed by atoms with Crippen LogP contribution in [0.5, 0.6) is 0 Å². The fourth-order valence-corrected chi connectivity index (χ4v) is 3.84. The highest BCUT2D eigenvalue weighted by atomic mass is 32.3. The summed E-state index contributed by atoms with van der Waals surface area (Å²) >= 11 is 0. The van der Waals surface area contributed by atoms with Gasteiger partial charge in [0.15, 0.2) is 12.7 Å². The molecule has 0 radical (unpaired) electrons. The summed E-state index contributed by atoms with van der Waals surface area (Å²) in [5.74, 6) is -0.161. The van der Waals surface area contributed by atoms with Gasteiger partial charge in [-0.2, -0.15) is 17.5 Å². The van der Waals surface area contributed by atoms with E-state index in [0.29, 0.717) is 17.5 Å². The molecule has 1 aliphatic rings. The van der Waals surface area contributed by atoms with Gasteiger partial charge in [-0.15, -0.1) is 0 Å². The van der Waals surface area contributed by atoms with E-state index in [-0.39, 0.29) is 19.1 Å². The van der Waals surface area contributed by atoms with Crippen LogP contribution in [0.4, 0.5) is 5.69 Å². The average molecular weight is 499 g/mol. The van der Waals surface area contributed by atoms with Crippen LogP contribution in [0, 0.1) is 0 Å². The molecule has 1 aromatic carbocycles. The Labute approximate surface area is 205 Å². The second kappa shape index (κ2) is 16.5. The van der Waals surface area contributed by atoms with Crippen LogP contribution in [0.2, 0.25) is 0 Å². The number of carbonyl (C=O) groups is 1. The molecule has 1 aromatic rings. The van der Waals surface area contributed by atoms with E-state index >= 15 is 0 Å². The number of benzene rings is 1. The summed E-state index contributed by atoms with van der Waals surface area (Å²) in [6.45, 7) is 5.17. The van der Waals surface area contributed by atoms with Crippen LogP contribution in [0.15, 0.2) is 42.7 Å². The van der Waals surface area contributed by atoms with Gasteiger partial charge >= 0.3 is 22.7 Å². The highest BCUT2D eigenvalue weighted by molar-refractivity contribution is 7.80. The monoisotopic (exact) mass is 498 g/mol. The standard InChI is InChI=1S/C17H24N2O2.C8H18O4S/c1-3-4-8-13-21-17(20)14-19(12-11-18(2)15-19)16-9-6-5-7-10-16;1-2-3-4-5-6-7-8-12-13(9,10)11/h5-7,9-12,15H,3-4,8,13-14H2,1-2H3;2-8H2,1H3,(H,9,10,11)/q+2;. The predicted octanol–water partition coefficient (Wildman–Crippen LogP) is 5.05. The molecule has 0 saturated carbocycles. The summed E-state index contributed by atoms with van der Waals surface area (Å²) < 4.78 is 40.3. The fourth-order valence-electron chi connectivity index (χ4n) is 3.51. The maximum Gasteiger partial charge on any atom is 0.397 e. The lowest BCUT2D eigenvalue weighted by Crippen LogP contribution is -2.46. The first-order valence-electron chi connectivity index (χ1n) is 12.2. The number of para-hydroxylation sites is 1. The first kappa shape index (κ1) is 30.0. The van der Waals surface area contributed by atoms with E-state index in [1.807, 2.05) is 60.7 Å². The summed E-state index contributed by atoms with van der Waals surface area (Å²) in [4.78, 5) is 12.1. The minimum absolute atomic E-state index is 0.0883. The second-order valence-electron chi connectivity index (χ2n) is 8.45. The van der Waals surface area contributed by atoms with Crippen LogP contribution in [-0.2, 0) is 24.1 Å². The van der Waals surface area contributed by atoms with Crippen molar-refractivity contribution in [3.63, 3.8) is 0 Å². The van der Waals surface area contributed by atoms with E-state index in [9.17, 15) is 13.2 Å². The van der Waals surface area contributed by atoms with Crippen molar-refractivity contribution < 1.29 is 31.3 Å². The van der Waals surface area contributed by atoms with E-state index in [1.54, 1.807) is 0 Å². The van der Waals surface area contributed by atoms with Crippen molar-refractivity contribution in [2.24, 2.45) is 0 Å². The van der Waals surface area contributed by atoms with Gasteiger partial charge < -0.3 is 4.74 Å². The molecular weight excluding hydrogens is 456 g/mol. The molecule has 0 saturated heterocycles. The van der Waals surface area contributed by atoms with Crippen molar-refractivity contribution in [2.75, 3.05) is 26.8 Å². The van der Waals surface area contributed by atoms with Gasteiger partial charge in [-0.05, 0) is 12.8 Å². The normalized spacial score (nSPS) is 17.1. The molecule has 8 nitrogen and oxygen atoms in total. The molecule has 1 N–H and O–H groups in total. The van der Waals surface area contributed by atoms with Crippen molar-refractivity contribution in [3.05, 3.63) is 42.7 Å². The molecule has 34 heavy (non-hydrogen) atoms. The molecule has 1 aliphatic heterocycles. The Hall–Kier alpha value is -2.07. The first-order chi connectivity index (χ1) is 16.2. The van der Waals surface area contributed by atoms with E-state index < -0.39 is 10.4 Å². The second-order valence-corrected chi connectivity index (χ2v) is 9.54. The largest absolute Gasteiger partial charge is 0.461 e. The Morgan fingerprint density at radius 1 is 0.941 bits per heavy atom. The molecule has 1 unspecified atom stereocenters. The van der Waals surface area contributed by atoms with Crippen molar-refractivity contribution in [1.29, 1.82) is 0 Å². The molecule has 0 aliphatic carbocycles. The van der Waals surface area contributed by atoms with Crippen molar-refractivity contribution in [2.45, 2.75) is 71.6 Å². The molecule has 0 amide bonds. The predicted molar refractivity (Wildman–Crippen MR) is 136 cm³/mol. The van der Waals surface area contributed by atoms with Crippen LogP contribution in [0.1, 0.15) is 71.6 Å². The average Bonchev–Trinajstić information content (AvgIpc) is 3.18. The molecule has 1 atom stereocenters. The maximum absolute atomic E-state index is 12.1. The molecule has 0 spiro atoms. The van der Waals surface area contributed by atoms with Gasteiger partial charge in [0.2, 0.25) is 6.20 Å². The number of esters is 1. The third-order valence-corrected chi connectivity index (χ3v) is 5.79. The number of carbonyl (C=O) groups excluding carboxylic acids is 1.